The number of nitrogens with one attached hydrogen (secondary N) is 1. The van der Waals surface area contributed by atoms with Crippen LogP contribution >= 0.6 is 11.6 Å². The third kappa shape index (κ3) is 2.93. The van der Waals surface area contributed by atoms with Gasteiger partial charge in [0.15, 0.2) is 0 Å². The van der Waals surface area contributed by atoms with Crippen LogP contribution in [-0.4, -0.2) is 26.2 Å². The molecule has 0 radical (unpaired) electrons. The van der Waals surface area contributed by atoms with Gasteiger partial charge in [0.1, 0.15) is 0 Å². The van der Waals surface area contributed by atoms with Gasteiger partial charge in [-0.1, -0.05) is 24.6 Å². The van der Waals surface area contributed by atoms with E-state index in [-0.39, 0.29) is 0 Å². The minimum absolute atomic E-state index is 0.772. The predicted octanol–water partition coefficient (Wildman–Crippen LogP) is 3.08. The summed E-state index contributed by atoms with van der Waals surface area (Å²) in [4.78, 5) is 2.46. The molecule has 1 N–H and O–H groups in total. The number of hydrogen-bond acceptors (Lipinski definition) is 2. The molecule has 1 fully saturated rings. The van der Waals surface area contributed by atoms with E-state index in [1.165, 1.54) is 17.7 Å². The molecule has 0 bridgehead atoms. The van der Waals surface area contributed by atoms with Gasteiger partial charge in [0.05, 0.1) is 0 Å². The lowest BCUT2D eigenvalue weighted by Crippen LogP contribution is -2.26. The van der Waals surface area contributed by atoms with Gasteiger partial charge in [-0.25, -0.2) is 0 Å². The summed E-state index contributed by atoms with van der Waals surface area (Å²) in [5, 5.41) is 4.31. The van der Waals surface area contributed by atoms with Gasteiger partial charge in [-0.15, -0.1) is 0 Å². The monoisotopic (exact) mass is 252 g/mol. The van der Waals surface area contributed by atoms with Crippen molar-refractivity contribution in [2.45, 2.75) is 20.3 Å². The van der Waals surface area contributed by atoms with E-state index >= 15 is 0 Å². The fourth-order valence-corrected chi connectivity index (χ4v) is 2.67. The molecule has 1 saturated heterocycles. The number of rotatable bonds is 4. The van der Waals surface area contributed by atoms with Crippen LogP contribution in [-0.2, 0) is 0 Å². The summed E-state index contributed by atoms with van der Waals surface area (Å²) in [6.45, 7) is 8.76. The first-order valence-corrected chi connectivity index (χ1v) is 6.81. The Hall–Kier alpha value is -0.730. The van der Waals surface area contributed by atoms with E-state index in [9.17, 15) is 0 Å². The van der Waals surface area contributed by atoms with Gasteiger partial charge < -0.3 is 10.2 Å². The van der Waals surface area contributed by atoms with Gasteiger partial charge in [0.25, 0.3) is 0 Å². The third-order valence-corrected chi connectivity index (χ3v) is 3.96. The number of anilines is 1. The molecule has 0 aromatic heterocycles. The molecule has 1 unspecified atom stereocenters. The van der Waals surface area contributed by atoms with Gasteiger partial charge in [-0.05, 0) is 50.0 Å². The summed E-state index contributed by atoms with van der Waals surface area (Å²) in [6, 6.07) is 6.19. The maximum Gasteiger partial charge on any atom is 0.0455 e. The molecule has 3 heteroatoms. The van der Waals surface area contributed by atoms with E-state index < -0.39 is 0 Å². The molecular weight excluding hydrogens is 232 g/mol. The molecule has 1 aliphatic heterocycles. The van der Waals surface area contributed by atoms with Crippen LogP contribution in [0.4, 0.5) is 5.69 Å². The molecule has 1 aromatic carbocycles. The Morgan fingerprint density at radius 2 is 2.29 bits per heavy atom. The molecule has 1 aliphatic rings. The van der Waals surface area contributed by atoms with Crippen molar-refractivity contribution in [2.75, 3.05) is 31.1 Å². The number of hydrogen-bond donors (Lipinski definition) is 1. The van der Waals surface area contributed by atoms with Gasteiger partial charge in [-0.3, -0.25) is 0 Å². The number of nitrogens with zero attached hydrogens (tertiary/aromatic N) is 1. The van der Waals surface area contributed by atoms with Crippen LogP contribution in [0.15, 0.2) is 18.2 Å². The van der Waals surface area contributed by atoms with Crippen molar-refractivity contribution in [3.8, 4) is 0 Å². The quantitative estimate of drug-likeness (QED) is 0.886. The fraction of sp³-hybridized carbons (Fsp3) is 0.571. The lowest BCUT2D eigenvalue weighted by Gasteiger charge is -2.21. The summed E-state index contributed by atoms with van der Waals surface area (Å²) in [6.07, 6.45) is 1.28. The summed E-state index contributed by atoms with van der Waals surface area (Å²) in [5.74, 6) is 0.772. The minimum atomic E-state index is 0.772. The lowest BCUT2D eigenvalue weighted by molar-refractivity contribution is 0.528. The van der Waals surface area contributed by atoms with Gasteiger partial charge in [-0.2, -0.15) is 0 Å². The van der Waals surface area contributed by atoms with Crippen molar-refractivity contribution in [1.82, 2.24) is 5.32 Å². The highest BCUT2D eigenvalue weighted by Crippen LogP contribution is 2.30. The van der Waals surface area contributed by atoms with Crippen LogP contribution in [0.5, 0.6) is 0 Å². The smallest absolute Gasteiger partial charge is 0.0455 e. The molecule has 1 atom stereocenters. The highest BCUT2D eigenvalue weighted by molar-refractivity contribution is 6.31. The molecular formula is C14H21ClN2. The van der Waals surface area contributed by atoms with Gasteiger partial charge in [0.2, 0.25) is 0 Å². The molecule has 94 valence electrons. The Balaban J connectivity index is 2.02. The van der Waals surface area contributed by atoms with Crippen molar-refractivity contribution in [1.29, 1.82) is 0 Å². The average Bonchev–Trinajstić information content (AvgIpc) is 2.78. The standard InChI is InChI=1S/C14H21ClN2/c1-3-16-9-12-7-8-17(10-12)14-6-4-5-13(15)11(14)2/h4-6,12,16H,3,7-10H2,1-2H3. The van der Waals surface area contributed by atoms with Crippen LogP contribution in [0.25, 0.3) is 0 Å². The molecule has 2 rings (SSSR count). The SMILES string of the molecule is CCNCC1CCN(c2cccc(Cl)c2C)C1. The normalized spacial score (nSPS) is 19.9. The lowest BCUT2D eigenvalue weighted by atomic mass is 10.1. The van der Waals surface area contributed by atoms with Gasteiger partial charge in [0, 0.05) is 23.8 Å². The largest absolute Gasteiger partial charge is 0.371 e. The van der Waals surface area contributed by atoms with E-state index in [0.29, 0.717) is 0 Å². The van der Waals surface area contributed by atoms with Gasteiger partial charge >= 0.3 is 0 Å². The highest BCUT2D eigenvalue weighted by atomic mass is 35.5. The van der Waals surface area contributed by atoms with Crippen LogP contribution in [0.1, 0.15) is 18.9 Å². The van der Waals surface area contributed by atoms with Crippen molar-refractivity contribution in [3.63, 3.8) is 0 Å². The molecule has 0 saturated carbocycles. The molecule has 0 aliphatic carbocycles. The first kappa shape index (κ1) is 12.7. The van der Waals surface area contributed by atoms with E-state index in [2.05, 4.69) is 30.1 Å². The van der Waals surface area contributed by atoms with Crippen LogP contribution in [0.3, 0.4) is 0 Å². The van der Waals surface area contributed by atoms with Crippen molar-refractivity contribution in [2.24, 2.45) is 5.92 Å². The summed E-state index contributed by atoms with van der Waals surface area (Å²) < 4.78 is 0. The maximum atomic E-state index is 6.17. The average molecular weight is 253 g/mol. The Morgan fingerprint density at radius 3 is 3.06 bits per heavy atom. The highest BCUT2D eigenvalue weighted by Gasteiger charge is 2.23. The zero-order valence-electron chi connectivity index (χ0n) is 10.7. The Kier molecular flexibility index (Phi) is 4.30. The predicted molar refractivity (Wildman–Crippen MR) is 75.1 cm³/mol. The molecule has 2 nitrogen and oxygen atoms in total. The summed E-state index contributed by atoms with van der Waals surface area (Å²) >= 11 is 6.17. The second kappa shape index (κ2) is 5.74. The second-order valence-electron chi connectivity index (χ2n) is 4.79. The zero-order chi connectivity index (χ0) is 12.3. The van der Waals surface area contributed by atoms with E-state index in [1.54, 1.807) is 0 Å². The fourth-order valence-electron chi connectivity index (χ4n) is 2.51. The van der Waals surface area contributed by atoms with Crippen LogP contribution < -0.4 is 10.2 Å². The molecule has 1 heterocycles. The van der Waals surface area contributed by atoms with Crippen molar-refractivity contribution >= 4 is 17.3 Å². The first-order chi connectivity index (χ1) is 8.22. The van der Waals surface area contributed by atoms with Crippen LogP contribution in [0, 0.1) is 12.8 Å². The van der Waals surface area contributed by atoms with E-state index in [0.717, 1.165) is 37.1 Å². The van der Waals surface area contributed by atoms with Crippen molar-refractivity contribution in [3.05, 3.63) is 28.8 Å². The Labute approximate surface area is 109 Å². The Morgan fingerprint density at radius 1 is 1.47 bits per heavy atom. The third-order valence-electron chi connectivity index (χ3n) is 3.55. The second-order valence-corrected chi connectivity index (χ2v) is 5.20. The molecule has 1 aromatic rings. The Bertz CT molecular complexity index is 378. The number of halogens is 1. The van der Waals surface area contributed by atoms with Crippen LogP contribution in [0.2, 0.25) is 5.02 Å². The maximum absolute atomic E-state index is 6.17. The van der Waals surface area contributed by atoms with Crippen molar-refractivity contribution < 1.29 is 0 Å². The number of benzene rings is 1. The topological polar surface area (TPSA) is 15.3 Å². The minimum Gasteiger partial charge on any atom is -0.371 e. The summed E-state index contributed by atoms with van der Waals surface area (Å²) in [5.41, 5.74) is 2.51. The molecule has 0 spiro atoms. The zero-order valence-corrected chi connectivity index (χ0v) is 11.4. The molecule has 0 amide bonds. The van der Waals surface area contributed by atoms with E-state index in [4.69, 9.17) is 11.6 Å². The first-order valence-electron chi connectivity index (χ1n) is 6.43. The van der Waals surface area contributed by atoms with E-state index in [1.807, 2.05) is 12.1 Å². The summed E-state index contributed by atoms with van der Waals surface area (Å²) in [7, 11) is 0. The molecule has 17 heavy (non-hydrogen) atoms.